The lowest BCUT2D eigenvalue weighted by molar-refractivity contribution is 0.137. The zero-order chi connectivity index (χ0) is 15.8. The maximum Gasteiger partial charge on any atom is 0.317 e. The average Bonchev–Trinajstić information content (AvgIpc) is 2.56. The predicted octanol–water partition coefficient (Wildman–Crippen LogP) is 1.91. The van der Waals surface area contributed by atoms with Crippen molar-refractivity contribution < 1.29 is 9.90 Å². The molecule has 2 saturated heterocycles. The minimum Gasteiger partial charge on any atom is -0.396 e. The second kappa shape index (κ2) is 9.36. The fourth-order valence-corrected chi connectivity index (χ4v) is 3.37. The van der Waals surface area contributed by atoms with Crippen molar-refractivity contribution in [3.8, 4) is 0 Å². The maximum absolute atomic E-state index is 12.0. The highest BCUT2D eigenvalue weighted by Gasteiger charge is 2.21. The lowest BCUT2D eigenvalue weighted by atomic mass is 9.98. The van der Waals surface area contributed by atoms with Crippen LogP contribution in [0.1, 0.15) is 45.4 Å². The Morgan fingerprint density at radius 1 is 1.09 bits per heavy atom. The minimum atomic E-state index is 0.0724. The first-order valence-corrected chi connectivity index (χ1v) is 9.05. The van der Waals surface area contributed by atoms with E-state index in [2.05, 4.69) is 17.1 Å². The molecule has 0 aromatic rings. The quantitative estimate of drug-likeness (QED) is 0.737. The van der Waals surface area contributed by atoms with Gasteiger partial charge < -0.3 is 20.2 Å². The third-order valence-corrected chi connectivity index (χ3v) is 5.21. The number of rotatable bonds is 6. The van der Waals surface area contributed by atoms with Crippen LogP contribution in [0.25, 0.3) is 0 Å². The fraction of sp³-hybridized carbons (Fsp3) is 0.941. The Kier molecular flexibility index (Phi) is 7.46. The lowest BCUT2D eigenvalue weighted by Crippen LogP contribution is -2.45. The summed E-state index contributed by atoms with van der Waals surface area (Å²) < 4.78 is 0. The van der Waals surface area contributed by atoms with Gasteiger partial charge in [-0.1, -0.05) is 6.92 Å². The Balaban J connectivity index is 1.49. The van der Waals surface area contributed by atoms with Gasteiger partial charge in [-0.3, -0.25) is 0 Å². The summed E-state index contributed by atoms with van der Waals surface area (Å²) in [5.41, 5.74) is 0. The van der Waals surface area contributed by atoms with Gasteiger partial charge in [0.2, 0.25) is 0 Å². The molecular weight excluding hydrogens is 278 g/mol. The molecule has 22 heavy (non-hydrogen) atoms. The van der Waals surface area contributed by atoms with Crippen molar-refractivity contribution in [1.29, 1.82) is 0 Å². The molecule has 0 bridgehead atoms. The monoisotopic (exact) mass is 311 g/mol. The molecule has 0 unspecified atom stereocenters. The zero-order valence-electron chi connectivity index (χ0n) is 14.1. The van der Waals surface area contributed by atoms with Gasteiger partial charge in [-0.25, -0.2) is 4.79 Å². The van der Waals surface area contributed by atoms with Crippen molar-refractivity contribution in [3.05, 3.63) is 0 Å². The number of carbonyl (C=O) groups is 1. The van der Waals surface area contributed by atoms with Crippen LogP contribution in [0.3, 0.4) is 0 Å². The largest absolute Gasteiger partial charge is 0.396 e. The van der Waals surface area contributed by atoms with Gasteiger partial charge in [0.25, 0.3) is 0 Å². The van der Waals surface area contributed by atoms with E-state index in [4.69, 9.17) is 5.11 Å². The first kappa shape index (κ1) is 17.5. The third-order valence-electron chi connectivity index (χ3n) is 5.21. The van der Waals surface area contributed by atoms with Crippen LogP contribution in [-0.4, -0.2) is 66.8 Å². The summed E-state index contributed by atoms with van der Waals surface area (Å²) in [6.45, 7) is 8.60. The average molecular weight is 311 g/mol. The van der Waals surface area contributed by atoms with Crippen molar-refractivity contribution >= 4 is 6.03 Å². The fourth-order valence-electron chi connectivity index (χ4n) is 3.37. The summed E-state index contributed by atoms with van der Waals surface area (Å²) >= 11 is 0. The number of aliphatic hydroxyl groups excluding tert-OH is 1. The standard InChI is InChI=1S/C17H33N3O2/c1-15-4-10-19(11-5-15)9-3-2-8-18-17(22)20-12-6-16(14-21)7-13-20/h15-16,21H,2-14H2,1H3,(H,18,22). The van der Waals surface area contributed by atoms with Crippen molar-refractivity contribution in [2.45, 2.75) is 45.4 Å². The van der Waals surface area contributed by atoms with E-state index in [-0.39, 0.29) is 12.6 Å². The number of amides is 2. The molecule has 128 valence electrons. The number of aliphatic hydroxyl groups is 1. The van der Waals surface area contributed by atoms with Crippen molar-refractivity contribution in [1.82, 2.24) is 15.1 Å². The van der Waals surface area contributed by atoms with Crippen LogP contribution in [0.5, 0.6) is 0 Å². The van der Waals surface area contributed by atoms with E-state index in [0.29, 0.717) is 5.92 Å². The molecule has 5 heteroatoms. The third kappa shape index (κ3) is 5.76. The highest BCUT2D eigenvalue weighted by atomic mass is 16.3. The summed E-state index contributed by atoms with van der Waals surface area (Å²) in [5, 5.41) is 12.2. The van der Waals surface area contributed by atoms with Gasteiger partial charge in [0.15, 0.2) is 0 Å². The van der Waals surface area contributed by atoms with Gasteiger partial charge >= 0.3 is 6.03 Å². The summed E-state index contributed by atoms with van der Waals surface area (Å²) in [5.74, 6) is 1.28. The second-order valence-corrected chi connectivity index (χ2v) is 7.08. The number of nitrogens with zero attached hydrogens (tertiary/aromatic N) is 2. The van der Waals surface area contributed by atoms with E-state index in [1.165, 1.54) is 38.9 Å². The molecule has 0 spiro atoms. The molecule has 2 heterocycles. The number of hydrogen-bond acceptors (Lipinski definition) is 3. The van der Waals surface area contributed by atoms with Crippen LogP contribution in [0.4, 0.5) is 4.79 Å². The molecule has 2 aliphatic heterocycles. The topological polar surface area (TPSA) is 55.8 Å². The molecule has 5 nitrogen and oxygen atoms in total. The number of piperidine rings is 2. The summed E-state index contributed by atoms with van der Waals surface area (Å²) in [6.07, 6.45) is 6.75. The number of hydrogen-bond donors (Lipinski definition) is 2. The Labute approximate surface area is 135 Å². The highest BCUT2D eigenvalue weighted by molar-refractivity contribution is 5.74. The van der Waals surface area contributed by atoms with Crippen LogP contribution < -0.4 is 5.32 Å². The van der Waals surface area contributed by atoms with Gasteiger partial charge in [0, 0.05) is 26.2 Å². The summed E-state index contributed by atoms with van der Waals surface area (Å²) in [7, 11) is 0. The number of likely N-dealkylation sites (tertiary alicyclic amines) is 2. The number of carbonyl (C=O) groups excluding carboxylic acids is 1. The Bertz CT molecular complexity index is 322. The number of nitrogens with one attached hydrogen (secondary N) is 1. The van der Waals surface area contributed by atoms with Crippen LogP contribution in [0.15, 0.2) is 0 Å². The SMILES string of the molecule is CC1CCN(CCCCNC(=O)N2CCC(CO)CC2)CC1. The van der Waals surface area contributed by atoms with Gasteiger partial charge in [0.05, 0.1) is 0 Å². The summed E-state index contributed by atoms with van der Waals surface area (Å²) in [4.78, 5) is 16.5. The first-order chi connectivity index (χ1) is 10.7. The minimum absolute atomic E-state index is 0.0724. The molecule has 2 amide bonds. The molecule has 0 aliphatic carbocycles. The van der Waals surface area contributed by atoms with Gasteiger partial charge in [-0.15, -0.1) is 0 Å². The molecular formula is C17H33N3O2. The highest BCUT2D eigenvalue weighted by Crippen LogP contribution is 2.17. The Morgan fingerprint density at radius 2 is 1.77 bits per heavy atom. The van der Waals surface area contributed by atoms with E-state index >= 15 is 0 Å². The van der Waals surface area contributed by atoms with Crippen LogP contribution in [0, 0.1) is 11.8 Å². The second-order valence-electron chi connectivity index (χ2n) is 7.08. The van der Waals surface area contributed by atoms with Crippen molar-refractivity contribution in [3.63, 3.8) is 0 Å². The van der Waals surface area contributed by atoms with Gasteiger partial charge in [0.1, 0.15) is 0 Å². The Morgan fingerprint density at radius 3 is 2.41 bits per heavy atom. The zero-order valence-corrected chi connectivity index (χ0v) is 14.1. The summed E-state index contributed by atoms with van der Waals surface area (Å²) in [6, 6.07) is 0.0724. The number of urea groups is 1. The van der Waals surface area contributed by atoms with E-state index in [1.54, 1.807) is 0 Å². The molecule has 0 radical (unpaired) electrons. The van der Waals surface area contributed by atoms with Crippen LogP contribution in [-0.2, 0) is 0 Å². The van der Waals surface area contributed by atoms with E-state index in [9.17, 15) is 4.79 Å². The first-order valence-electron chi connectivity index (χ1n) is 9.05. The van der Waals surface area contributed by atoms with Crippen LogP contribution in [0.2, 0.25) is 0 Å². The van der Waals surface area contributed by atoms with Crippen molar-refractivity contribution in [2.24, 2.45) is 11.8 Å². The Hall–Kier alpha value is -0.810. The predicted molar refractivity (Wildman–Crippen MR) is 88.9 cm³/mol. The molecule has 0 aromatic carbocycles. The van der Waals surface area contributed by atoms with E-state index < -0.39 is 0 Å². The number of unbranched alkanes of at least 4 members (excludes halogenated alkanes) is 1. The normalized spacial score (nSPS) is 22.0. The molecule has 2 fully saturated rings. The van der Waals surface area contributed by atoms with E-state index in [1.807, 2.05) is 4.90 Å². The van der Waals surface area contributed by atoms with Gasteiger partial charge in [-0.05, 0) is 70.0 Å². The van der Waals surface area contributed by atoms with Crippen LogP contribution >= 0.6 is 0 Å². The molecule has 2 aliphatic rings. The molecule has 0 atom stereocenters. The van der Waals surface area contributed by atoms with Gasteiger partial charge in [-0.2, -0.15) is 0 Å². The smallest absolute Gasteiger partial charge is 0.317 e. The van der Waals surface area contributed by atoms with Crippen molar-refractivity contribution in [2.75, 3.05) is 45.9 Å². The molecule has 0 saturated carbocycles. The lowest BCUT2D eigenvalue weighted by Gasteiger charge is -2.31. The van der Waals surface area contributed by atoms with E-state index in [0.717, 1.165) is 44.8 Å². The maximum atomic E-state index is 12.0. The molecule has 0 aromatic heterocycles. The molecule has 2 N–H and O–H groups in total. The molecule has 2 rings (SSSR count).